The molecule has 0 aliphatic heterocycles. The normalized spacial score (nSPS) is 15.7. The van der Waals surface area contributed by atoms with Crippen molar-refractivity contribution in [3.05, 3.63) is 53.2 Å². The first-order valence-electron chi connectivity index (χ1n) is 8.56. The fourth-order valence-electron chi connectivity index (χ4n) is 3.11. The van der Waals surface area contributed by atoms with Gasteiger partial charge in [0.1, 0.15) is 0 Å². The number of rotatable bonds is 5. The van der Waals surface area contributed by atoms with Gasteiger partial charge in [-0.2, -0.15) is 0 Å². The van der Waals surface area contributed by atoms with Crippen molar-refractivity contribution >= 4 is 17.7 Å². The first-order chi connectivity index (χ1) is 12.5. The maximum absolute atomic E-state index is 12.4. The molecule has 0 spiro atoms. The lowest BCUT2D eigenvalue weighted by Crippen LogP contribution is -2.37. The van der Waals surface area contributed by atoms with Gasteiger partial charge in [0, 0.05) is 29.6 Å². The molecule has 136 valence electrons. The van der Waals surface area contributed by atoms with Gasteiger partial charge in [-0.05, 0) is 55.5 Å². The minimum absolute atomic E-state index is 0.0609. The number of carboxylic acid groups (broad SMARTS) is 1. The lowest BCUT2D eigenvalue weighted by molar-refractivity contribution is 0.102. The summed E-state index contributed by atoms with van der Waals surface area (Å²) in [5.41, 5.74) is 3.44. The Labute approximate surface area is 151 Å². The van der Waals surface area contributed by atoms with Crippen LogP contribution in [0, 0.1) is 0 Å². The van der Waals surface area contributed by atoms with Gasteiger partial charge in [-0.15, -0.1) is 0 Å². The Morgan fingerprint density at radius 2 is 2.12 bits per heavy atom. The molecule has 26 heavy (non-hydrogen) atoms. The fourth-order valence-corrected chi connectivity index (χ4v) is 3.11. The smallest absolute Gasteiger partial charge is 0.404 e. The Kier molecular flexibility index (Phi) is 5.36. The molecule has 3 rings (SSSR count). The highest BCUT2D eigenvalue weighted by Crippen LogP contribution is 2.25. The molecule has 1 aromatic heterocycles. The molecule has 7 nitrogen and oxygen atoms in total. The van der Waals surface area contributed by atoms with Gasteiger partial charge >= 0.3 is 6.09 Å². The third-order valence-electron chi connectivity index (χ3n) is 4.31. The maximum atomic E-state index is 12.4. The Morgan fingerprint density at radius 1 is 1.27 bits per heavy atom. The number of carbonyl (C=O) groups is 2. The molecule has 1 heterocycles. The number of hydrogen-bond donors (Lipinski definition) is 3. The molecule has 0 bridgehead atoms. The van der Waals surface area contributed by atoms with Gasteiger partial charge in [0.2, 0.25) is 5.88 Å². The number of carbonyl (C=O) groups excluding carboxylic acids is 1. The van der Waals surface area contributed by atoms with Gasteiger partial charge in [0.15, 0.2) is 0 Å². The van der Waals surface area contributed by atoms with Crippen molar-refractivity contribution in [2.75, 3.05) is 11.9 Å². The number of ether oxygens (including phenoxy) is 1. The van der Waals surface area contributed by atoms with E-state index >= 15 is 0 Å². The summed E-state index contributed by atoms with van der Waals surface area (Å²) in [4.78, 5) is 27.3. The van der Waals surface area contributed by atoms with Gasteiger partial charge in [-0.1, -0.05) is 6.07 Å². The predicted molar refractivity (Wildman–Crippen MR) is 96.8 cm³/mol. The zero-order chi connectivity index (χ0) is 18.5. The summed E-state index contributed by atoms with van der Waals surface area (Å²) in [6.07, 6.45) is 2.73. The molecule has 2 aromatic rings. The van der Waals surface area contributed by atoms with Crippen molar-refractivity contribution in [2.45, 2.75) is 32.2 Å². The zero-order valence-electron chi connectivity index (χ0n) is 14.5. The van der Waals surface area contributed by atoms with E-state index in [4.69, 9.17) is 9.84 Å². The lowest BCUT2D eigenvalue weighted by atomic mass is 9.88. The molecule has 1 aliphatic carbocycles. The number of hydrogen-bond acceptors (Lipinski definition) is 4. The van der Waals surface area contributed by atoms with Crippen LogP contribution in [0.3, 0.4) is 0 Å². The molecule has 0 radical (unpaired) electrons. The average Bonchev–Trinajstić information content (AvgIpc) is 2.62. The topological polar surface area (TPSA) is 101 Å². The van der Waals surface area contributed by atoms with E-state index in [9.17, 15) is 9.59 Å². The Balaban J connectivity index is 1.69. The monoisotopic (exact) mass is 355 g/mol. The molecular weight excluding hydrogens is 334 g/mol. The van der Waals surface area contributed by atoms with Crippen molar-refractivity contribution in [3.63, 3.8) is 0 Å². The molecule has 0 fully saturated rings. The highest BCUT2D eigenvalue weighted by atomic mass is 16.5. The summed E-state index contributed by atoms with van der Waals surface area (Å²) in [6, 6.07) is 8.92. The summed E-state index contributed by atoms with van der Waals surface area (Å²) >= 11 is 0. The summed E-state index contributed by atoms with van der Waals surface area (Å²) in [6.45, 7) is 2.35. The summed E-state index contributed by atoms with van der Waals surface area (Å²) in [5, 5.41) is 14.3. The predicted octanol–water partition coefficient (Wildman–Crippen LogP) is 2.86. The van der Waals surface area contributed by atoms with Crippen LogP contribution in [-0.4, -0.2) is 34.7 Å². The Bertz CT molecular complexity index is 822. The van der Waals surface area contributed by atoms with Crippen molar-refractivity contribution in [3.8, 4) is 5.88 Å². The van der Waals surface area contributed by atoms with Crippen LogP contribution in [0.1, 0.15) is 34.8 Å². The first-order valence-corrected chi connectivity index (χ1v) is 8.56. The Hall–Kier alpha value is -3.09. The van der Waals surface area contributed by atoms with Crippen molar-refractivity contribution in [1.82, 2.24) is 10.3 Å². The van der Waals surface area contributed by atoms with Crippen LogP contribution in [-0.2, 0) is 12.8 Å². The van der Waals surface area contributed by atoms with E-state index in [0.29, 0.717) is 30.2 Å². The fraction of sp³-hybridized carbons (Fsp3) is 0.316. The number of pyridine rings is 1. The number of anilines is 1. The van der Waals surface area contributed by atoms with Crippen molar-refractivity contribution in [1.29, 1.82) is 0 Å². The number of amides is 2. The largest absolute Gasteiger partial charge is 0.478 e. The quantitative estimate of drug-likeness (QED) is 0.766. The minimum Gasteiger partial charge on any atom is -0.478 e. The molecule has 0 saturated heterocycles. The molecule has 0 saturated carbocycles. The molecule has 1 unspecified atom stereocenters. The zero-order valence-corrected chi connectivity index (χ0v) is 14.5. The second-order valence-electron chi connectivity index (χ2n) is 6.14. The van der Waals surface area contributed by atoms with E-state index in [-0.39, 0.29) is 11.9 Å². The number of aryl methyl sites for hydroxylation is 1. The lowest BCUT2D eigenvalue weighted by Gasteiger charge is -2.25. The molecule has 1 aliphatic rings. The number of nitrogens with zero attached hydrogens (tertiary/aromatic N) is 1. The average molecular weight is 355 g/mol. The first kappa shape index (κ1) is 17.7. The summed E-state index contributed by atoms with van der Waals surface area (Å²) in [5.74, 6) is 0.192. The molecule has 1 atom stereocenters. The van der Waals surface area contributed by atoms with Gasteiger partial charge in [0.05, 0.1) is 6.61 Å². The second kappa shape index (κ2) is 7.86. The van der Waals surface area contributed by atoms with Crippen LogP contribution < -0.4 is 15.4 Å². The van der Waals surface area contributed by atoms with Crippen LogP contribution in [0.25, 0.3) is 0 Å². The van der Waals surface area contributed by atoms with E-state index < -0.39 is 6.09 Å². The van der Waals surface area contributed by atoms with Crippen LogP contribution in [0.15, 0.2) is 36.5 Å². The van der Waals surface area contributed by atoms with Crippen LogP contribution in [0.4, 0.5) is 10.5 Å². The molecular formula is C19H21N3O4. The number of fused-ring (bicyclic) bond motifs is 1. The number of nitrogens with one attached hydrogen (secondary N) is 2. The Morgan fingerprint density at radius 3 is 2.88 bits per heavy atom. The van der Waals surface area contributed by atoms with Gasteiger partial charge in [-0.25, -0.2) is 9.78 Å². The van der Waals surface area contributed by atoms with Crippen LogP contribution in [0.2, 0.25) is 0 Å². The van der Waals surface area contributed by atoms with Crippen molar-refractivity contribution < 1.29 is 19.4 Å². The van der Waals surface area contributed by atoms with Crippen LogP contribution in [0.5, 0.6) is 5.88 Å². The number of benzene rings is 1. The standard InChI is InChI=1S/C19H21N3O4/c1-2-26-17-11-14(7-8-20-17)18(23)21-15-5-3-13-10-16(22-19(24)25)6-4-12(13)9-15/h3,5,7-9,11,16,22H,2,4,6,10H2,1H3,(H,21,23)(H,24,25). The van der Waals surface area contributed by atoms with E-state index in [0.717, 1.165) is 24.0 Å². The third-order valence-corrected chi connectivity index (χ3v) is 4.31. The second-order valence-corrected chi connectivity index (χ2v) is 6.14. The van der Waals surface area contributed by atoms with E-state index in [1.807, 2.05) is 25.1 Å². The van der Waals surface area contributed by atoms with Gasteiger partial charge < -0.3 is 20.5 Å². The van der Waals surface area contributed by atoms with Gasteiger partial charge in [-0.3, -0.25) is 4.79 Å². The maximum Gasteiger partial charge on any atom is 0.404 e. The van der Waals surface area contributed by atoms with E-state index in [2.05, 4.69) is 15.6 Å². The molecule has 3 N–H and O–H groups in total. The van der Waals surface area contributed by atoms with E-state index in [1.54, 1.807) is 18.3 Å². The highest BCUT2D eigenvalue weighted by Gasteiger charge is 2.20. The SMILES string of the molecule is CCOc1cc(C(=O)Nc2ccc3c(c2)CCC(NC(=O)O)C3)ccn1. The summed E-state index contributed by atoms with van der Waals surface area (Å²) < 4.78 is 5.32. The third kappa shape index (κ3) is 4.30. The highest BCUT2D eigenvalue weighted by molar-refractivity contribution is 6.04. The summed E-state index contributed by atoms with van der Waals surface area (Å²) in [7, 11) is 0. The van der Waals surface area contributed by atoms with Crippen molar-refractivity contribution in [2.24, 2.45) is 0 Å². The van der Waals surface area contributed by atoms with Gasteiger partial charge in [0.25, 0.3) is 5.91 Å². The molecule has 1 aromatic carbocycles. The van der Waals surface area contributed by atoms with Crippen LogP contribution >= 0.6 is 0 Å². The molecule has 2 amide bonds. The molecule has 7 heteroatoms. The number of aromatic nitrogens is 1. The van der Waals surface area contributed by atoms with E-state index in [1.165, 1.54) is 0 Å². The minimum atomic E-state index is -0.994.